The molecule has 1 aliphatic rings. The molecule has 0 spiro atoms. The van der Waals surface area contributed by atoms with Crippen LogP contribution in [0.4, 0.5) is 0 Å². The molecule has 0 atom stereocenters. The summed E-state index contributed by atoms with van der Waals surface area (Å²) in [6.07, 6.45) is 3.36. The number of piperazine rings is 1. The summed E-state index contributed by atoms with van der Waals surface area (Å²) in [6, 6.07) is 6.07. The van der Waals surface area contributed by atoms with E-state index < -0.39 is 10.0 Å². The lowest BCUT2D eigenvalue weighted by Gasteiger charge is -2.33. The first-order valence-corrected chi connectivity index (χ1v) is 10.6. The quantitative estimate of drug-likeness (QED) is 0.732. The van der Waals surface area contributed by atoms with Crippen molar-refractivity contribution in [2.75, 3.05) is 26.2 Å². The molecule has 0 aliphatic carbocycles. The van der Waals surface area contributed by atoms with Crippen LogP contribution in [0.1, 0.15) is 28.1 Å². The molecule has 1 aromatic carbocycles. The fourth-order valence-corrected chi connectivity index (χ4v) is 5.11. The van der Waals surface area contributed by atoms with Gasteiger partial charge in [-0.25, -0.2) is 8.42 Å². The average Bonchev–Trinajstić information content (AvgIpc) is 3.00. The van der Waals surface area contributed by atoms with Crippen LogP contribution in [0.2, 0.25) is 0 Å². The molecule has 150 valence electrons. The molecule has 0 N–H and O–H groups in total. The number of carbonyl (C=O) groups is 1. The Morgan fingerprint density at radius 1 is 1.11 bits per heavy atom. The number of aryl methyl sites for hydroxylation is 4. The minimum Gasteiger partial charge on any atom is -0.360 e. The number of hydrogen-bond donors (Lipinski definition) is 0. The van der Waals surface area contributed by atoms with E-state index in [4.69, 9.17) is 4.52 Å². The summed E-state index contributed by atoms with van der Waals surface area (Å²) < 4.78 is 32.1. The zero-order valence-electron chi connectivity index (χ0n) is 16.6. The van der Waals surface area contributed by atoms with Gasteiger partial charge >= 0.3 is 0 Å². The molecule has 2 aromatic rings. The number of sulfonamides is 1. The molecule has 0 radical (unpaired) electrons. The Bertz CT molecular complexity index is 997. The lowest BCUT2D eigenvalue weighted by molar-refractivity contribution is -0.127. The summed E-state index contributed by atoms with van der Waals surface area (Å²) in [7, 11) is -3.67. The normalized spacial score (nSPS) is 16.1. The van der Waals surface area contributed by atoms with Crippen molar-refractivity contribution in [2.45, 2.75) is 32.6 Å². The third kappa shape index (κ3) is 4.02. The molecule has 1 amide bonds. The first-order valence-electron chi connectivity index (χ1n) is 9.17. The Morgan fingerprint density at radius 3 is 2.36 bits per heavy atom. The van der Waals surface area contributed by atoms with Gasteiger partial charge in [-0.3, -0.25) is 4.79 Å². The minimum atomic E-state index is -3.67. The van der Waals surface area contributed by atoms with E-state index in [9.17, 15) is 13.2 Å². The van der Waals surface area contributed by atoms with E-state index in [0.717, 1.165) is 11.1 Å². The highest BCUT2D eigenvalue weighted by Crippen LogP contribution is 2.24. The van der Waals surface area contributed by atoms with Gasteiger partial charge in [0, 0.05) is 32.3 Å². The molecular formula is C20H25N3O4S. The Balaban J connectivity index is 1.65. The number of nitrogens with zero attached hydrogens (tertiary/aromatic N) is 3. The van der Waals surface area contributed by atoms with Crippen LogP contribution in [0.15, 0.2) is 33.7 Å². The lowest BCUT2D eigenvalue weighted by atomic mass is 10.1. The molecule has 1 aliphatic heterocycles. The number of amides is 1. The molecule has 0 saturated carbocycles. The van der Waals surface area contributed by atoms with Crippen molar-refractivity contribution < 1.29 is 17.7 Å². The third-order valence-electron chi connectivity index (χ3n) is 4.95. The highest BCUT2D eigenvalue weighted by Gasteiger charge is 2.33. The van der Waals surface area contributed by atoms with Gasteiger partial charge in [0.15, 0.2) is 5.76 Å². The van der Waals surface area contributed by atoms with Crippen LogP contribution in [-0.4, -0.2) is 54.9 Å². The first-order chi connectivity index (χ1) is 13.2. The van der Waals surface area contributed by atoms with Crippen LogP contribution in [0, 0.1) is 27.7 Å². The van der Waals surface area contributed by atoms with Crippen molar-refractivity contribution in [1.82, 2.24) is 14.4 Å². The van der Waals surface area contributed by atoms with Gasteiger partial charge in [0.2, 0.25) is 15.9 Å². The molecule has 0 bridgehead atoms. The van der Waals surface area contributed by atoms with Crippen LogP contribution < -0.4 is 0 Å². The standard InChI is InChI=1S/C20H25N3O4S/c1-14-5-6-18(15(2)13-14)7-8-19(24)22-9-11-23(12-10-22)28(25,26)20-16(3)21-27-17(20)4/h5-8,13H,9-12H2,1-4H3/b8-7+. The van der Waals surface area contributed by atoms with E-state index in [1.165, 1.54) is 9.87 Å². The van der Waals surface area contributed by atoms with Crippen molar-refractivity contribution in [3.63, 3.8) is 0 Å². The highest BCUT2D eigenvalue weighted by atomic mass is 32.2. The van der Waals surface area contributed by atoms with E-state index >= 15 is 0 Å². The molecule has 28 heavy (non-hydrogen) atoms. The Hall–Kier alpha value is -2.45. The molecule has 3 rings (SSSR count). The summed E-state index contributed by atoms with van der Waals surface area (Å²) >= 11 is 0. The minimum absolute atomic E-state index is 0.116. The second-order valence-corrected chi connectivity index (χ2v) is 8.95. The molecule has 1 aromatic heterocycles. The van der Waals surface area contributed by atoms with Crippen LogP contribution >= 0.6 is 0 Å². The molecule has 8 heteroatoms. The van der Waals surface area contributed by atoms with Crippen LogP contribution in [0.5, 0.6) is 0 Å². The zero-order valence-corrected chi connectivity index (χ0v) is 17.4. The Morgan fingerprint density at radius 2 is 1.79 bits per heavy atom. The highest BCUT2D eigenvalue weighted by molar-refractivity contribution is 7.89. The third-order valence-corrected chi connectivity index (χ3v) is 7.09. The molecule has 1 fully saturated rings. The van der Waals surface area contributed by atoms with E-state index in [1.54, 1.807) is 24.8 Å². The maximum Gasteiger partial charge on any atom is 0.248 e. The molecular weight excluding hydrogens is 378 g/mol. The summed E-state index contributed by atoms with van der Waals surface area (Å²) in [6.45, 7) is 8.42. The zero-order chi connectivity index (χ0) is 20.5. The number of carbonyl (C=O) groups excluding carboxylic acids is 1. The SMILES string of the molecule is Cc1ccc(/C=C/C(=O)N2CCN(S(=O)(=O)c3c(C)noc3C)CC2)c(C)c1. The molecule has 1 saturated heterocycles. The van der Waals surface area contributed by atoms with Gasteiger partial charge in [0.1, 0.15) is 10.6 Å². The smallest absolute Gasteiger partial charge is 0.248 e. The number of benzene rings is 1. The van der Waals surface area contributed by atoms with Crippen LogP contribution in [0.3, 0.4) is 0 Å². The maximum absolute atomic E-state index is 12.9. The molecule has 0 unspecified atom stereocenters. The first kappa shape index (κ1) is 20.3. The second-order valence-electron chi connectivity index (χ2n) is 7.08. The Labute approximate surface area is 165 Å². The van der Waals surface area contributed by atoms with Gasteiger partial charge in [-0.05, 0) is 44.9 Å². The maximum atomic E-state index is 12.9. The summed E-state index contributed by atoms with van der Waals surface area (Å²) in [5, 5.41) is 3.73. The van der Waals surface area contributed by atoms with E-state index in [1.807, 2.05) is 32.1 Å². The topological polar surface area (TPSA) is 83.7 Å². The summed E-state index contributed by atoms with van der Waals surface area (Å²) in [5.41, 5.74) is 3.64. The molecule has 7 nitrogen and oxygen atoms in total. The second kappa shape index (κ2) is 7.89. The van der Waals surface area contributed by atoms with Gasteiger partial charge in [0.05, 0.1) is 0 Å². The van der Waals surface area contributed by atoms with Crippen molar-refractivity contribution in [3.05, 3.63) is 52.4 Å². The van der Waals surface area contributed by atoms with E-state index in [2.05, 4.69) is 11.2 Å². The van der Waals surface area contributed by atoms with Crippen LogP contribution in [0.25, 0.3) is 6.08 Å². The number of hydrogen-bond acceptors (Lipinski definition) is 5. The van der Waals surface area contributed by atoms with Gasteiger partial charge in [-0.1, -0.05) is 28.9 Å². The largest absolute Gasteiger partial charge is 0.360 e. The summed E-state index contributed by atoms with van der Waals surface area (Å²) in [5.74, 6) is 0.168. The predicted molar refractivity (Wildman–Crippen MR) is 106 cm³/mol. The van der Waals surface area contributed by atoms with Crippen molar-refractivity contribution >= 4 is 22.0 Å². The van der Waals surface area contributed by atoms with Crippen LogP contribution in [-0.2, 0) is 14.8 Å². The van der Waals surface area contributed by atoms with Gasteiger partial charge < -0.3 is 9.42 Å². The van der Waals surface area contributed by atoms with E-state index in [-0.39, 0.29) is 29.7 Å². The lowest BCUT2D eigenvalue weighted by Crippen LogP contribution is -2.50. The fraction of sp³-hybridized carbons (Fsp3) is 0.400. The fourth-order valence-electron chi connectivity index (χ4n) is 3.40. The summed E-state index contributed by atoms with van der Waals surface area (Å²) in [4.78, 5) is 14.3. The van der Waals surface area contributed by atoms with E-state index in [0.29, 0.717) is 18.8 Å². The predicted octanol–water partition coefficient (Wildman–Crippen LogP) is 2.45. The molecule has 2 heterocycles. The monoisotopic (exact) mass is 403 g/mol. The van der Waals surface area contributed by atoms with Gasteiger partial charge in [-0.2, -0.15) is 4.31 Å². The van der Waals surface area contributed by atoms with Crippen molar-refractivity contribution in [3.8, 4) is 0 Å². The van der Waals surface area contributed by atoms with Gasteiger partial charge in [-0.15, -0.1) is 0 Å². The number of rotatable bonds is 4. The number of aromatic nitrogens is 1. The average molecular weight is 404 g/mol. The Kier molecular flexibility index (Phi) is 5.71. The van der Waals surface area contributed by atoms with Gasteiger partial charge in [0.25, 0.3) is 0 Å². The van der Waals surface area contributed by atoms with Crippen molar-refractivity contribution in [1.29, 1.82) is 0 Å². The van der Waals surface area contributed by atoms with Crippen molar-refractivity contribution in [2.24, 2.45) is 0 Å².